The van der Waals surface area contributed by atoms with Gasteiger partial charge in [0, 0.05) is 11.6 Å². The number of hydrogen-bond donors (Lipinski definition) is 1. The van der Waals surface area contributed by atoms with E-state index in [1.165, 1.54) is 0 Å². The van der Waals surface area contributed by atoms with Gasteiger partial charge in [-0.15, -0.1) is 0 Å². The van der Waals surface area contributed by atoms with E-state index in [0.29, 0.717) is 33.7 Å². The number of likely N-dealkylation sites (N-methyl/N-ethyl adjacent to an activating group) is 1. The maximum atomic E-state index is 12.8. The van der Waals surface area contributed by atoms with Crippen LogP contribution in [0, 0.1) is 0 Å². The lowest BCUT2D eigenvalue weighted by molar-refractivity contribution is -0.873. The maximum absolute atomic E-state index is 12.8. The number of carbonyl (C=O) groups is 1. The molecule has 1 unspecified atom stereocenters. The van der Waals surface area contributed by atoms with Gasteiger partial charge in [0.25, 0.3) is 0 Å². The third kappa shape index (κ3) is 5.59. The topological polar surface area (TPSA) is 55.8 Å². The second kappa shape index (κ2) is 8.14. The number of benzene rings is 2. The number of carbonyl (C=O) groups excluding carboxylic acids is 1. The van der Waals surface area contributed by atoms with Gasteiger partial charge in [-0.25, -0.2) is 0 Å². The average molecular weight is 344 g/mol. The number of aliphatic hydroxyl groups is 1. The lowest BCUT2D eigenvalue weighted by Crippen LogP contribution is -2.43. The van der Waals surface area contributed by atoms with Crippen LogP contribution in [0.5, 0.6) is 11.5 Å². The largest absolute Gasteiger partial charge is 0.497 e. The number of methoxy groups -OCH3 is 1. The fraction of sp³-hybridized carbons (Fsp3) is 0.350. The minimum absolute atomic E-state index is 0.109. The van der Waals surface area contributed by atoms with Gasteiger partial charge in [-0.3, -0.25) is 4.79 Å². The average Bonchev–Trinajstić information content (AvgIpc) is 2.58. The lowest BCUT2D eigenvalue weighted by atomic mass is 10.0. The highest BCUT2D eigenvalue weighted by Crippen LogP contribution is 2.27. The second-order valence-corrected chi connectivity index (χ2v) is 6.99. The molecule has 5 heteroatoms. The summed E-state index contributed by atoms with van der Waals surface area (Å²) in [6.07, 6.45) is -0.633. The Morgan fingerprint density at radius 1 is 1.12 bits per heavy atom. The zero-order valence-electron chi connectivity index (χ0n) is 15.2. The third-order valence-corrected chi connectivity index (χ3v) is 3.66. The number of nitrogens with zero attached hydrogens (tertiary/aromatic N) is 1. The number of ether oxygens (including phenoxy) is 2. The quantitative estimate of drug-likeness (QED) is 0.590. The molecule has 2 rings (SSSR count). The molecule has 0 saturated carbocycles. The molecular formula is C20H26NO4+. The second-order valence-electron chi connectivity index (χ2n) is 6.99. The highest BCUT2D eigenvalue weighted by atomic mass is 16.5. The van der Waals surface area contributed by atoms with Crippen molar-refractivity contribution in [1.82, 2.24) is 0 Å². The van der Waals surface area contributed by atoms with Crippen LogP contribution in [0.1, 0.15) is 15.9 Å². The van der Waals surface area contributed by atoms with Crippen LogP contribution in [0.25, 0.3) is 0 Å². The molecule has 0 aliphatic heterocycles. The Morgan fingerprint density at radius 2 is 1.80 bits per heavy atom. The molecule has 0 heterocycles. The van der Waals surface area contributed by atoms with Crippen molar-refractivity contribution in [3.63, 3.8) is 0 Å². The Hall–Kier alpha value is -2.37. The molecule has 0 fully saturated rings. The molecule has 0 spiro atoms. The van der Waals surface area contributed by atoms with Gasteiger partial charge in [0.05, 0.1) is 33.8 Å². The Kier molecular flexibility index (Phi) is 6.17. The van der Waals surface area contributed by atoms with E-state index in [4.69, 9.17) is 9.47 Å². The number of aliphatic hydroxyl groups excluding tert-OH is 1. The van der Waals surface area contributed by atoms with Gasteiger partial charge in [-0.1, -0.05) is 30.3 Å². The van der Waals surface area contributed by atoms with Gasteiger partial charge in [0.1, 0.15) is 30.8 Å². The summed E-state index contributed by atoms with van der Waals surface area (Å²) in [5.41, 5.74) is 1.04. The van der Waals surface area contributed by atoms with Crippen molar-refractivity contribution < 1.29 is 23.9 Å². The first-order valence-corrected chi connectivity index (χ1v) is 8.19. The summed E-state index contributed by atoms with van der Waals surface area (Å²) in [6, 6.07) is 14.1. The fourth-order valence-electron chi connectivity index (χ4n) is 2.55. The van der Waals surface area contributed by atoms with Crippen molar-refractivity contribution in [1.29, 1.82) is 0 Å². The first-order chi connectivity index (χ1) is 11.8. The van der Waals surface area contributed by atoms with Crippen LogP contribution < -0.4 is 9.47 Å². The highest BCUT2D eigenvalue weighted by Gasteiger charge is 2.19. The summed E-state index contributed by atoms with van der Waals surface area (Å²) in [4.78, 5) is 12.8. The van der Waals surface area contributed by atoms with E-state index >= 15 is 0 Å². The van der Waals surface area contributed by atoms with Crippen LogP contribution in [0.2, 0.25) is 0 Å². The Labute approximate surface area is 149 Å². The highest BCUT2D eigenvalue weighted by molar-refractivity contribution is 6.10. The molecule has 0 radical (unpaired) electrons. The molecule has 0 saturated heterocycles. The summed E-state index contributed by atoms with van der Waals surface area (Å²) in [7, 11) is 7.56. The minimum Gasteiger partial charge on any atom is -0.497 e. The zero-order valence-corrected chi connectivity index (χ0v) is 15.2. The van der Waals surface area contributed by atoms with Gasteiger partial charge in [0.15, 0.2) is 5.78 Å². The van der Waals surface area contributed by atoms with Crippen LogP contribution in [0.15, 0.2) is 48.5 Å². The molecule has 1 atom stereocenters. The molecule has 134 valence electrons. The minimum atomic E-state index is -0.633. The molecule has 2 aromatic rings. The monoisotopic (exact) mass is 344 g/mol. The first-order valence-electron chi connectivity index (χ1n) is 8.19. The van der Waals surface area contributed by atoms with E-state index < -0.39 is 6.10 Å². The molecule has 1 N–H and O–H groups in total. The fourth-order valence-corrected chi connectivity index (χ4v) is 2.55. The van der Waals surface area contributed by atoms with Gasteiger partial charge < -0.3 is 19.1 Å². The molecule has 25 heavy (non-hydrogen) atoms. The normalized spacial score (nSPS) is 12.5. The number of quaternary nitrogens is 1. The Bertz CT molecular complexity index is 707. The summed E-state index contributed by atoms with van der Waals surface area (Å²) in [6.45, 7) is 0.656. The summed E-state index contributed by atoms with van der Waals surface area (Å²) in [5.74, 6) is 0.883. The summed E-state index contributed by atoms with van der Waals surface area (Å²) < 4.78 is 11.6. The summed E-state index contributed by atoms with van der Waals surface area (Å²) >= 11 is 0. The van der Waals surface area contributed by atoms with Gasteiger partial charge >= 0.3 is 0 Å². The van der Waals surface area contributed by atoms with E-state index in [2.05, 4.69) is 0 Å². The lowest BCUT2D eigenvalue weighted by Gasteiger charge is -2.26. The van der Waals surface area contributed by atoms with Crippen molar-refractivity contribution in [3.05, 3.63) is 59.7 Å². The van der Waals surface area contributed by atoms with E-state index in [1.54, 1.807) is 37.4 Å². The van der Waals surface area contributed by atoms with E-state index in [9.17, 15) is 9.90 Å². The van der Waals surface area contributed by atoms with Crippen LogP contribution in [0.3, 0.4) is 0 Å². The Balaban J connectivity index is 2.22. The SMILES string of the molecule is COc1ccc(C(=O)c2ccccc2)c(OCC(O)C[N+](C)(C)C)c1. The van der Waals surface area contributed by atoms with Crippen molar-refractivity contribution in [3.8, 4) is 11.5 Å². The number of ketones is 1. The molecule has 0 aromatic heterocycles. The van der Waals surface area contributed by atoms with E-state index in [0.717, 1.165) is 0 Å². The van der Waals surface area contributed by atoms with E-state index in [1.807, 2.05) is 39.3 Å². The van der Waals surface area contributed by atoms with Crippen LogP contribution in [-0.2, 0) is 0 Å². The van der Waals surface area contributed by atoms with Crippen LogP contribution >= 0.6 is 0 Å². The third-order valence-electron chi connectivity index (χ3n) is 3.66. The van der Waals surface area contributed by atoms with Crippen LogP contribution in [-0.4, -0.2) is 62.9 Å². The van der Waals surface area contributed by atoms with Gasteiger partial charge in [0.2, 0.25) is 0 Å². The standard InChI is InChI=1S/C20H26NO4/c1-21(2,3)13-16(22)14-25-19-12-17(24-4)10-11-18(19)20(23)15-8-6-5-7-9-15/h5-12,16,22H,13-14H2,1-4H3/q+1. The molecule has 5 nitrogen and oxygen atoms in total. The van der Waals surface area contributed by atoms with Crippen LogP contribution in [0.4, 0.5) is 0 Å². The first kappa shape index (κ1) is 19.0. The predicted molar refractivity (Wildman–Crippen MR) is 97.3 cm³/mol. The molecule has 0 bridgehead atoms. The van der Waals surface area contributed by atoms with E-state index in [-0.39, 0.29) is 12.4 Å². The number of rotatable bonds is 8. The molecule has 0 aliphatic rings. The maximum Gasteiger partial charge on any atom is 0.196 e. The molecule has 2 aromatic carbocycles. The zero-order chi connectivity index (χ0) is 18.4. The van der Waals surface area contributed by atoms with Gasteiger partial charge in [-0.2, -0.15) is 0 Å². The van der Waals surface area contributed by atoms with Crippen molar-refractivity contribution in [2.24, 2.45) is 0 Å². The Morgan fingerprint density at radius 3 is 2.40 bits per heavy atom. The molecule has 0 aliphatic carbocycles. The van der Waals surface area contributed by atoms with Crippen molar-refractivity contribution >= 4 is 5.78 Å². The predicted octanol–water partition coefficient (Wildman–Crippen LogP) is 2.37. The molecule has 0 amide bonds. The van der Waals surface area contributed by atoms with Gasteiger partial charge in [-0.05, 0) is 12.1 Å². The smallest absolute Gasteiger partial charge is 0.196 e. The van der Waals surface area contributed by atoms with Crippen molar-refractivity contribution in [2.75, 3.05) is 41.4 Å². The molecular weight excluding hydrogens is 318 g/mol. The summed E-state index contributed by atoms with van der Waals surface area (Å²) in [5, 5.41) is 10.2. The van der Waals surface area contributed by atoms with Crippen molar-refractivity contribution in [2.45, 2.75) is 6.10 Å². The number of hydrogen-bond acceptors (Lipinski definition) is 4.